The van der Waals surface area contributed by atoms with Gasteiger partial charge in [0.05, 0.1) is 30.4 Å². The van der Waals surface area contributed by atoms with Crippen molar-refractivity contribution in [2.24, 2.45) is 0 Å². The summed E-state index contributed by atoms with van der Waals surface area (Å²) in [4.78, 5) is 26.0. The van der Waals surface area contributed by atoms with E-state index in [2.05, 4.69) is 21.2 Å². The van der Waals surface area contributed by atoms with Crippen LogP contribution in [0, 0.1) is 25.2 Å². The number of anilines is 1. The predicted molar refractivity (Wildman–Crippen MR) is 124 cm³/mol. The summed E-state index contributed by atoms with van der Waals surface area (Å²) in [6.45, 7) is 7.89. The summed E-state index contributed by atoms with van der Waals surface area (Å²) in [5.41, 5.74) is 1.49. The second-order valence-corrected chi connectivity index (χ2v) is 8.38. The Hall–Kier alpha value is -2.83. The number of hydrogen-bond acceptors (Lipinski definition) is 7. The van der Waals surface area contributed by atoms with Gasteiger partial charge < -0.3 is 19.5 Å². The minimum atomic E-state index is -0.627. The first-order valence-electron chi connectivity index (χ1n) is 9.47. The number of rotatable bonds is 8. The van der Waals surface area contributed by atoms with E-state index >= 15 is 0 Å². The topological polar surface area (TPSA) is 97.7 Å². The molecule has 2 aromatic rings. The molecule has 0 atom stereocenters. The van der Waals surface area contributed by atoms with Crippen LogP contribution in [0.2, 0.25) is 0 Å². The molecular weight excluding hydrogens is 484 g/mol. The van der Waals surface area contributed by atoms with E-state index in [0.717, 1.165) is 10.4 Å². The van der Waals surface area contributed by atoms with Crippen molar-refractivity contribution in [3.05, 3.63) is 43.7 Å². The lowest BCUT2D eigenvalue weighted by Crippen LogP contribution is -2.16. The molecule has 0 fully saturated rings. The first-order chi connectivity index (χ1) is 14.8. The number of nitriles is 1. The highest BCUT2D eigenvalue weighted by molar-refractivity contribution is 9.10. The number of hydrogen-bond donors (Lipinski definition) is 1. The fourth-order valence-corrected chi connectivity index (χ4v) is 4.38. The lowest BCUT2D eigenvalue weighted by atomic mass is 10.1. The van der Waals surface area contributed by atoms with Crippen molar-refractivity contribution in [3.8, 4) is 17.6 Å². The third-order valence-electron chi connectivity index (χ3n) is 4.31. The Morgan fingerprint density at radius 1 is 1.26 bits per heavy atom. The molecule has 0 aliphatic carbocycles. The molecule has 0 radical (unpaired) electrons. The van der Waals surface area contributed by atoms with Crippen molar-refractivity contribution >= 4 is 50.2 Å². The first-order valence-corrected chi connectivity index (χ1v) is 11.1. The van der Waals surface area contributed by atoms with Gasteiger partial charge in [0, 0.05) is 4.88 Å². The van der Waals surface area contributed by atoms with Gasteiger partial charge in [0.25, 0.3) is 5.91 Å². The van der Waals surface area contributed by atoms with E-state index in [0.29, 0.717) is 38.7 Å². The number of carbonyl (C=O) groups is 2. The summed E-state index contributed by atoms with van der Waals surface area (Å²) >= 11 is 4.69. The van der Waals surface area contributed by atoms with Crippen molar-refractivity contribution in [1.82, 2.24) is 0 Å². The number of methoxy groups -OCH3 is 1. The lowest BCUT2D eigenvalue weighted by molar-refractivity contribution is -0.112. The average molecular weight is 507 g/mol. The van der Waals surface area contributed by atoms with Crippen molar-refractivity contribution < 1.29 is 23.8 Å². The van der Waals surface area contributed by atoms with Gasteiger partial charge in [-0.2, -0.15) is 5.26 Å². The number of thiophene rings is 1. The van der Waals surface area contributed by atoms with E-state index in [9.17, 15) is 14.9 Å². The Kier molecular flexibility index (Phi) is 8.65. The highest BCUT2D eigenvalue weighted by Crippen LogP contribution is 2.37. The maximum Gasteiger partial charge on any atom is 0.341 e. The van der Waals surface area contributed by atoms with Gasteiger partial charge in [0.1, 0.15) is 16.6 Å². The monoisotopic (exact) mass is 506 g/mol. The van der Waals surface area contributed by atoms with Gasteiger partial charge in [-0.25, -0.2) is 4.79 Å². The van der Waals surface area contributed by atoms with Crippen LogP contribution in [0.5, 0.6) is 11.5 Å². The molecule has 0 aliphatic heterocycles. The Labute approximate surface area is 193 Å². The minimum Gasteiger partial charge on any atom is -0.493 e. The molecule has 7 nitrogen and oxygen atoms in total. The van der Waals surface area contributed by atoms with Crippen LogP contribution in [-0.2, 0) is 9.53 Å². The molecule has 2 rings (SSSR count). The largest absolute Gasteiger partial charge is 0.493 e. The van der Waals surface area contributed by atoms with Crippen LogP contribution < -0.4 is 14.8 Å². The molecule has 0 bridgehead atoms. The summed E-state index contributed by atoms with van der Waals surface area (Å²) in [7, 11) is 1.51. The van der Waals surface area contributed by atoms with Gasteiger partial charge >= 0.3 is 5.97 Å². The molecular formula is C22H23BrN2O5S. The van der Waals surface area contributed by atoms with Crippen LogP contribution >= 0.6 is 27.3 Å². The number of nitrogens with one attached hydrogen (secondary N) is 1. The van der Waals surface area contributed by atoms with Gasteiger partial charge in [-0.1, -0.05) is 0 Å². The molecule has 0 spiro atoms. The standard InChI is InChI=1S/C22H23BrN2O5S/c1-6-29-19-16(23)9-14(10-17(19)28-5)8-15(11-24)20(26)25-21-18(22(27)30-7-2)12(3)13(4)31-21/h8-10H,6-7H2,1-5H3,(H,25,26)/b15-8+. The molecule has 0 aliphatic rings. The molecule has 1 amide bonds. The minimum absolute atomic E-state index is 0.128. The lowest BCUT2D eigenvalue weighted by Gasteiger charge is -2.12. The van der Waals surface area contributed by atoms with E-state index in [-0.39, 0.29) is 12.2 Å². The second kappa shape index (κ2) is 11.0. The third kappa shape index (κ3) is 5.66. The fourth-order valence-electron chi connectivity index (χ4n) is 2.76. The summed E-state index contributed by atoms with van der Waals surface area (Å²) < 4.78 is 16.6. The first kappa shape index (κ1) is 24.4. The quantitative estimate of drug-likeness (QED) is 0.298. The van der Waals surface area contributed by atoms with Crippen LogP contribution in [0.1, 0.15) is 40.2 Å². The van der Waals surface area contributed by atoms with E-state index in [1.807, 2.05) is 19.9 Å². The van der Waals surface area contributed by atoms with Crippen LogP contribution in [0.25, 0.3) is 6.08 Å². The molecule has 0 saturated heterocycles. The molecule has 0 unspecified atom stereocenters. The normalized spacial score (nSPS) is 10.9. The van der Waals surface area contributed by atoms with E-state index in [4.69, 9.17) is 14.2 Å². The number of nitrogens with zero attached hydrogens (tertiary/aromatic N) is 1. The summed E-state index contributed by atoms with van der Waals surface area (Å²) in [6, 6.07) is 5.31. The number of carbonyl (C=O) groups excluding carboxylic acids is 2. The van der Waals surface area contributed by atoms with E-state index < -0.39 is 11.9 Å². The van der Waals surface area contributed by atoms with Gasteiger partial charge in [-0.3, -0.25) is 4.79 Å². The molecule has 1 heterocycles. The molecule has 31 heavy (non-hydrogen) atoms. The summed E-state index contributed by atoms with van der Waals surface area (Å²) in [6.07, 6.45) is 1.44. The van der Waals surface area contributed by atoms with Crippen LogP contribution in [0.15, 0.2) is 22.2 Å². The highest BCUT2D eigenvalue weighted by Gasteiger charge is 2.23. The number of esters is 1. The molecule has 0 saturated carbocycles. The Morgan fingerprint density at radius 2 is 1.97 bits per heavy atom. The van der Waals surface area contributed by atoms with Crippen molar-refractivity contribution in [2.45, 2.75) is 27.7 Å². The van der Waals surface area contributed by atoms with Crippen molar-refractivity contribution in [1.29, 1.82) is 5.26 Å². The van der Waals surface area contributed by atoms with Gasteiger partial charge in [-0.15, -0.1) is 11.3 Å². The van der Waals surface area contributed by atoms with E-state index in [1.54, 1.807) is 26.0 Å². The fraction of sp³-hybridized carbons (Fsp3) is 0.318. The number of halogens is 1. The van der Waals surface area contributed by atoms with Gasteiger partial charge in [-0.05, 0) is 73.0 Å². The Morgan fingerprint density at radius 3 is 2.55 bits per heavy atom. The van der Waals surface area contributed by atoms with Crippen molar-refractivity contribution in [2.75, 3.05) is 25.6 Å². The highest BCUT2D eigenvalue weighted by atomic mass is 79.9. The number of aryl methyl sites for hydroxylation is 1. The summed E-state index contributed by atoms with van der Waals surface area (Å²) in [5.74, 6) is -0.136. The van der Waals surface area contributed by atoms with Crippen molar-refractivity contribution in [3.63, 3.8) is 0 Å². The zero-order valence-electron chi connectivity index (χ0n) is 17.9. The molecule has 164 valence electrons. The average Bonchev–Trinajstić information content (AvgIpc) is 3.01. The van der Waals surface area contributed by atoms with Gasteiger partial charge in [0.2, 0.25) is 0 Å². The maximum atomic E-state index is 12.8. The van der Waals surface area contributed by atoms with E-state index in [1.165, 1.54) is 24.5 Å². The molecule has 1 N–H and O–H groups in total. The third-order valence-corrected chi connectivity index (χ3v) is 6.02. The maximum absolute atomic E-state index is 12.8. The van der Waals surface area contributed by atoms with Crippen LogP contribution in [0.4, 0.5) is 5.00 Å². The van der Waals surface area contributed by atoms with Crippen LogP contribution in [-0.4, -0.2) is 32.2 Å². The zero-order chi connectivity index (χ0) is 23.1. The number of amides is 1. The summed E-state index contributed by atoms with van der Waals surface area (Å²) in [5, 5.41) is 12.6. The zero-order valence-corrected chi connectivity index (χ0v) is 20.3. The smallest absolute Gasteiger partial charge is 0.341 e. The Bertz CT molecular complexity index is 1070. The SMILES string of the molecule is CCOC(=O)c1c(NC(=O)/C(C#N)=C/c2cc(Br)c(OCC)c(OC)c2)sc(C)c1C. The number of ether oxygens (including phenoxy) is 3. The molecule has 1 aromatic carbocycles. The molecule has 1 aromatic heterocycles. The van der Waals surface area contributed by atoms with Gasteiger partial charge in [0.15, 0.2) is 11.5 Å². The second-order valence-electron chi connectivity index (χ2n) is 6.30. The Balaban J connectivity index is 2.39. The molecule has 9 heteroatoms. The predicted octanol–water partition coefficient (Wildman–Crippen LogP) is 5.26. The number of benzene rings is 1. The van der Waals surface area contributed by atoms with Crippen LogP contribution in [0.3, 0.4) is 0 Å².